The van der Waals surface area contributed by atoms with E-state index in [2.05, 4.69) is 58.6 Å². The number of nitrogens with zero attached hydrogens (tertiary/aromatic N) is 5. The van der Waals surface area contributed by atoms with E-state index in [-0.39, 0.29) is 0 Å². The minimum Gasteiger partial charge on any atom is -0.305 e. The molecule has 118 valence electrons. The summed E-state index contributed by atoms with van der Waals surface area (Å²) in [5.74, 6) is 0. The lowest BCUT2D eigenvalue weighted by Crippen LogP contribution is -2.11. The lowest BCUT2D eigenvalue weighted by Gasteiger charge is -2.10. The molecule has 0 N–H and O–H groups in total. The summed E-state index contributed by atoms with van der Waals surface area (Å²) in [6.45, 7) is 3.66. The molecule has 0 bridgehead atoms. The first-order valence-electron chi connectivity index (χ1n) is 7.66. The predicted octanol–water partition coefficient (Wildman–Crippen LogP) is 2.76. The molecule has 0 radical (unpaired) electrons. The Balaban J connectivity index is 1.75. The Morgan fingerprint density at radius 1 is 1.04 bits per heavy atom. The molecule has 0 aliphatic carbocycles. The lowest BCUT2D eigenvalue weighted by molar-refractivity contribution is 0.402. The van der Waals surface area contributed by atoms with Gasteiger partial charge in [0.15, 0.2) is 0 Å². The van der Waals surface area contributed by atoms with Crippen molar-refractivity contribution in [2.45, 2.75) is 20.0 Å². The molecule has 23 heavy (non-hydrogen) atoms. The van der Waals surface area contributed by atoms with Gasteiger partial charge in [0, 0.05) is 12.7 Å². The first kappa shape index (κ1) is 15.4. The lowest BCUT2D eigenvalue weighted by atomic mass is 10.1. The van der Waals surface area contributed by atoms with Gasteiger partial charge in [-0.05, 0) is 43.8 Å². The standard InChI is InChI=1S/C18H21N5/c1-14-7-8-17(19-10-14)18-13-23(21-20-18)12-16-6-4-5-15(9-16)11-22(2)3/h4-10,13H,11-12H2,1-3H3. The molecule has 3 rings (SSSR count). The Labute approximate surface area is 136 Å². The number of hydrogen-bond donors (Lipinski definition) is 0. The highest BCUT2D eigenvalue weighted by Gasteiger charge is 2.06. The second-order valence-corrected chi connectivity index (χ2v) is 6.08. The van der Waals surface area contributed by atoms with Crippen molar-refractivity contribution < 1.29 is 0 Å². The zero-order valence-electron chi connectivity index (χ0n) is 13.8. The molecule has 0 fully saturated rings. The summed E-state index contributed by atoms with van der Waals surface area (Å²) in [7, 11) is 4.15. The fourth-order valence-corrected chi connectivity index (χ4v) is 2.49. The average Bonchev–Trinajstić information content (AvgIpc) is 2.96. The molecule has 2 aromatic heterocycles. The molecule has 0 aliphatic rings. The van der Waals surface area contributed by atoms with Gasteiger partial charge in [0.1, 0.15) is 5.69 Å². The van der Waals surface area contributed by atoms with Gasteiger partial charge in [0.2, 0.25) is 0 Å². The Morgan fingerprint density at radius 3 is 2.61 bits per heavy atom. The fraction of sp³-hybridized carbons (Fsp3) is 0.278. The molecule has 5 heteroatoms. The second kappa shape index (κ2) is 6.71. The van der Waals surface area contributed by atoms with E-state index >= 15 is 0 Å². The van der Waals surface area contributed by atoms with Gasteiger partial charge in [-0.25, -0.2) is 4.68 Å². The van der Waals surface area contributed by atoms with Gasteiger partial charge < -0.3 is 4.90 Å². The van der Waals surface area contributed by atoms with Gasteiger partial charge in [-0.2, -0.15) is 0 Å². The summed E-state index contributed by atoms with van der Waals surface area (Å²) < 4.78 is 1.85. The molecule has 0 saturated heterocycles. The van der Waals surface area contributed by atoms with Crippen LogP contribution in [0.1, 0.15) is 16.7 Å². The Hall–Kier alpha value is -2.53. The first-order chi connectivity index (χ1) is 11.1. The highest BCUT2D eigenvalue weighted by atomic mass is 15.4. The van der Waals surface area contributed by atoms with Crippen molar-refractivity contribution in [3.8, 4) is 11.4 Å². The van der Waals surface area contributed by atoms with Crippen molar-refractivity contribution in [1.82, 2.24) is 24.9 Å². The monoisotopic (exact) mass is 307 g/mol. The van der Waals surface area contributed by atoms with Gasteiger partial charge >= 0.3 is 0 Å². The normalized spacial score (nSPS) is 11.1. The minimum absolute atomic E-state index is 0.708. The molecule has 0 amide bonds. The van der Waals surface area contributed by atoms with Crippen LogP contribution in [0.25, 0.3) is 11.4 Å². The molecule has 0 spiro atoms. The van der Waals surface area contributed by atoms with Gasteiger partial charge in [0.05, 0.1) is 18.4 Å². The van der Waals surface area contributed by atoms with Crippen LogP contribution >= 0.6 is 0 Å². The average molecular weight is 307 g/mol. The molecule has 0 aliphatic heterocycles. The molecule has 0 atom stereocenters. The third-order valence-corrected chi connectivity index (χ3v) is 3.55. The van der Waals surface area contributed by atoms with Crippen LogP contribution in [0.3, 0.4) is 0 Å². The van der Waals surface area contributed by atoms with Crippen LogP contribution in [0.5, 0.6) is 0 Å². The predicted molar refractivity (Wildman–Crippen MR) is 90.9 cm³/mol. The van der Waals surface area contributed by atoms with Crippen molar-refractivity contribution in [1.29, 1.82) is 0 Å². The summed E-state index contributed by atoms with van der Waals surface area (Å²) in [6, 6.07) is 12.6. The van der Waals surface area contributed by atoms with E-state index in [1.807, 2.05) is 36.1 Å². The van der Waals surface area contributed by atoms with Crippen molar-refractivity contribution in [3.63, 3.8) is 0 Å². The van der Waals surface area contributed by atoms with Gasteiger partial charge in [-0.1, -0.05) is 35.5 Å². The molecule has 0 saturated carbocycles. The van der Waals surface area contributed by atoms with E-state index in [0.29, 0.717) is 6.54 Å². The number of rotatable bonds is 5. The number of hydrogen-bond acceptors (Lipinski definition) is 4. The van der Waals surface area contributed by atoms with Gasteiger partial charge in [0.25, 0.3) is 0 Å². The molecule has 5 nitrogen and oxygen atoms in total. The third-order valence-electron chi connectivity index (χ3n) is 3.55. The number of aryl methyl sites for hydroxylation is 1. The molecule has 2 heterocycles. The molecule has 3 aromatic rings. The van der Waals surface area contributed by atoms with Gasteiger partial charge in [-0.3, -0.25) is 4.98 Å². The maximum atomic E-state index is 4.39. The molecular weight excluding hydrogens is 286 g/mol. The van der Waals surface area contributed by atoms with Crippen LogP contribution < -0.4 is 0 Å². The third kappa shape index (κ3) is 4.02. The molecule has 1 aromatic carbocycles. The fourth-order valence-electron chi connectivity index (χ4n) is 2.49. The summed E-state index contributed by atoms with van der Waals surface area (Å²) in [4.78, 5) is 6.56. The highest BCUT2D eigenvalue weighted by molar-refractivity contribution is 5.52. The number of pyridine rings is 1. The van der Waals surface area contributed by atoms with E-state index in [1.165, 1.54) is 11.1 Å². The van der Waals surface area contributed by atoms with Crippen LogP contribution in [0, 0.1) is 6.92 Å². The maximum absolute atomic E-state index is 4.39. The van der Waals surface area contributed by atoms with Crippen LogP contribution in [0.2, 0.25) is 0 Å². The topological polar surface area (TPSA) is 46.8 Å². The van der Waals surface area contributed by atoms with Crippen molar-refractivity contribution in [2.75, 3.05) is 14.1 Å². The summed E-state index contributed by atoms with van der Waals surface area (Å²) in [5.41, 5.74) is 5.31. The van der Waals surface area contributed by atoms with Crippen molar-refractivity contribution in [3.05, 3.63) is 65.5 Å². The second-order valence-electron chi connectivity index (χ2n) is 6.08. The first-order valence-corrected chi connectivity index (χ1v) is 7.66. The Morgan fingerprint density at radius 2 is 1.87 bits per heavy atom. The van der Waals surface area contributed by atoms with Crippen molar-refractivity contribution in [2.24, 2.45) is 0 Å². The largest absolute Gasteiger partial charge is 0.305 e. The molecule has 0 unspecified atom stereocenters. The van der Waals surface area contributed by atoms with Crippen molar-refractivity contribution >= 4 is 0 Å². The van der Waals surface area contributed by atoms with Gasteiger partial charge in [-0.15, -0.1) is 5.10 Å². The van der Waals surface area contributed by atoms with Crippen LogP contribution in [-0.4, -0.2) is 39.0 Å². The zero-order chi connectivity index (χ0) is 16.2. The molecular formula is C18H21N5. The van der Waals surface area contributed by atoms with E-state index < -0.39 is 0 Å². The number of aromatic nitrogens is 4. The van der Waals surface area contributed by atoms with E-state index in [1.54, 1.807) is 0 Å². The summed E-state index contributed by atoms with van der Waals surface area (Å²) in [5, 5.41) is 8.44. The minimum atomic E-state index is 0.708. The highest BCUT2D eigenvalue weighted by Crippen LogP contribution is 2.14. The van der Waals surface area contributed by atoms with E-state index in [0.717, 1.165) is 23.5 Å². The van der Waals surface area contributed by atoms with Crippen LogP contribution in [0.4, 0.5) is 0 Å². The Bertz CT molecular complexity index is 774. The Kier molecular flexibility index (Phi) is 4.48. The zero-order valence-corrected chi connectivity index (χ0v) is 13.8. The SMILES string of the molecule is Cc1ccc(-c2cn(Cc3cccc(CN(C)C)c3)nn2)nc1. The summed E-state index contributed by atoms with van der Waals surface area (Å²) in [6.07, 6.45) is 3.79. The number of benzene rings is 1. The van der Waals surface area contributed by atoms with E-state index in [4.69, 9.17) is 0 Å². The van der Waals surface area contributed by atoms with E-state index in [9.17, 15) is 0 Å². The van der Waals surface area contributed by atoms with Crippen LogP contribution in [-0.2, 0) is 13.1 Å². The maximum Gasteiger partial charge on any atom is 0.131 e. The smallest absolute Gasteiger partial charge is 0.131 e. The summed E-state index contributed by atoms with van der Waals surface area (Å²) >= 11 is 0. The van der Waals surface area contributed by atoms with Crippen LogP contribution in [0.15, 0.2) is 48.8 Å². The quantitative estimate of drug-likeness (QED) is 0.727.